The molecule has 0 unspecified atom stereocenters. The van der Waals surface area contributed by atoms with E-state index >= 15 is 0 Å². The van der Waals surface area contributed by atoms with Crippen LogP contribution in [-0.2, 0) is 14.6 Å². The standard InChI is InChI=1S/C16H24N2O4S/c1-4-18(11-13-6-5-9-22-13)16(19)17-14-10-12(2)7-8-15(14)23(3,20)21/h7-8,10,13H,4-6,9,11H2,1-3H3,(H,17,19)/t13-/m1/s1. The number of hydrogen-bond acceptors (Lipinski definition) is 4. The van der Waals surface area contributed by atoms with E-state index in [1.807, 2.05) is 13.8 Å². The van der Waals surface area contributed by atoms with Gasteiger partial charge in [-0.25, -0.2) is 13.2 Å². The lowest BCUT2D eigenvalue weighted by Crippen LogP contribution is -2.40. The Labute approximate surface area is 137 Å². The van der Waals surface area contributed by atoms with Crippen LogP contribution in [0.2, 0.25) is 0 Å². The van der Waals surface area contributed by atoms with Gasteiger partial charge in [-0.15, -0.1) is 0 Å². The number of likely N-dealkylation sites (N-methyl/N-ethyl adjacent to an activating group) is 1. The zero-order valence-corrected chi connectivity index (χ0v) is 14.6. The van der Waals surface area contributed by atoms with Crippen LogP contribution < -0.4 is 5.32 Å². The van der Waals surface area contributed by atoms with Crippen LogP contribution in [0.3, 0.4) is 0 Å². The molecule has 0 aromatic heterocycles. The molecule has 23 heavy (non-hydrogen) atoms. The Balaban J connectivity index is 2.16. The quantitative estimate of drug-likeness (QED) is 0.893. The van der Waals surface area contributed by atoms with Gasteiger partial charge in [0.25, 0.3) is 0 Å². The molecule has 6 nitrogen and oxygen atoms in total. The fraction of sp³-hybridized carbons (Fsp3) is 0.562. The molecule has 128 valence electrons. The van der Waals surface area contributed by atoms with Gasteiger partial charge in [-0.3, -0.25) is 0 Å². The third kappa shape index (κ3) is 4.68. The second-order valence-electron chi connectivity index (χ2n) is 5.88. The lowest BCUT2D eigenvalue weighted by atomic mass is 10.2. The van der Waals surface area contributed by atoms with Crippen molar-refractivity contribution in [2.24, 2.45) is 0 Å². The van der Waals surface area contributed by atoms with E-state index in [9.17, 15) is 13.2 Å². The molecule has 1 saturated heterocycles. The minimum Gasteiger partial charge on any atom is -0.376 e. The van der Waals surface area contributed by atoms with E-state index in [2.05, 4.69) is 5.32 Å². The molecule has 1 aromatic carbocycles. The maximum absolute atomic E-state index is 12.5. The molecule has 1 fully saturated rings. The first-order valence-corrected chi connectivity index (χ1v) is 9.68. The van der Waals surface area contributed by atoms with Crippen LogP contribution in [0.15, 0.2) is 23.1 Å². The Morgan fingerprint density at radius 2 is 2.17 bits per heavy atom. The van der Waals surface area contributed by atoms with Crippen LogP contribution in [-0.4, -0.2) is 51.4 Å². The molecule has 1 atom stereocenters. The zero-order chi connectivity index (χ0) is 17.0. The van der Waals surface area contributed by atoms with Crippen molar-refractivity contribution in [2.75, 3.05) is 31.3 Å². The van der Waals surface area contributed by atoms with Crippen LogP contribution in [0.25, 0.3) is 0 Å². The SMILES string of the molecule is CCN(C[C@H]1CCCO1)C(=O)Nc1cc(C)ccc1S(C)(=O)=O. The second-order valence-corrected chi connectivity index (χ2v) is 7.86. The number of carbonyl (C=O) groups excluding carboxylic acids is 1. The highest BCUT2D eigenvalue weighted by Gasteiger charge is 2.23. The van der Waals surface area contributed by atoms with Gasteiger partial charge in [0, 0.05) is 26.0 Å². The summed E-state index contributed by atoms with van der Waals surface area (Å²) in [4.78, 5) is 14.3. The molecule has 1 aliphatic heterocycles. The van der Waals surface area contributed by atoms with E-state index in [1.165, 1.54) is 6.07 Å². The van der Waals surface area contributed by atoms with E-state index in [1.54, 1.807) is 17.0 Å². The first-order chi connectivity index (χ1) is 10.8. The lowest BCUT2D eigenvalue weighted by Gasteiger charge is -2.24. The van der Waals surface area contributed by atoms with E-state index in [0.717, 1.165) is 31.3 Å². The van der Waals surface area contributed by atoms with Crippen LogP contribution >= 0.6 is 0 Å². The lowest BCUT2D eigenvalue weighted by molar-refractivity contribution is 0.0849. The Hall–Kier alpha value is -1.60. The molecule has 1 aliphatic rings. The van der Waals surface area contributed by atoms with Crippen molar-refractivity contribution in [2.45, 2.75) is 37.7 Å². The Morgan fingerprint density at radius 1 is 1.43 bits per heavy atom. The van der Waals surface area contributed by atoms with Crippen molar-refractivity contribution >= 4 is 21.6 Å². The minimum atomic E-state index is -3.41. The number of benzene rings is 1. The van der Waals surface area contributed by atoms with Crippen molar-refractivity contribution in [3.63, 3.8) is 0 Å². The van der Waals surface area contributed by atoms with E-state index < -0.39 is 9.84 Å². The van der Waals surface area contributed by atoms with Crippen LogP contribution in [0.4, 0.5) is 10.5 Å². The fourth-order valence-electron chi connectivity index (χ4n) is 2.65. The van der Waals surface area contributed by atoms with Crippen molar-refractivity contribution < 1.29 is 17.9 Å². The third-order valence-corrected chi connectivity index (χ3v) is 5.05. The summed E-state index contributed by atoms with van der Waals surface area (Å²) in [5.74, 6) is 0. The summed E-state index contributed by atoms with van der Waals surface area (Å²) in [7, 11) is -3.41. The van der Waals surface area contributed by atoms with Crippen molar-refractivity contribution in [1.82, 2.24) is 4.90 Å². The fourth-order valence-corrected chi connectivity index (χ4v) is 3.47. The number of carbonyl (C=O) groups is 1. The Morgan fingerprint density at radius 3 is 2.74 bits per heavy atom. The average Bonchev–Trinajstić information content (AvgIpc) is 2.96. The Kier molecular flexibility index (Phi) is 5.64. The molecule has 1 aromatic rings. The summed E-state index contributed by atoms with van der Waals surface area (Å²) in [5.41, 5.74) is 1.21. The number of rotatable bonds is 5. The van der Waals surface area contributed by atoms with Crippen molar-refractivity contribution in [1.29, 1.82) is 0 Å². The van der Waals surface area contributed by atoms with Gasteiger partial charge in [-0.1, -0.05) is 6.07 Å². The molecule has 0 aliphatic carbocycles. The predicted molar refractivity (Wildman–Crippen MR) is 89.5 cm³/mol. The summed E-state index contributed by atoms with van der Waals surface area (Å²) in [6.07, 6.45) is 3.16. The van der Waals surface area contributed by atoms with Gasteiger partial charge in [0.15, 0.2) is 9.84 Å². The van der Waals surface area contributed by atoms with E-state index in [4.69, 9.17) is 4.74 Å². The summed E-state index contributed by atoms with van der Waals surface area (Å²) >= 11 is 0. The maximum atomic E-state index is 12.5. The van der Waals surface area contributed by atoms with Crippen molar-refractivity contribution in [3.05, 3.63) is 23.8 Å². The summed E-state index contributed by atoms with van der Waals surface area (Å²) < 4.78 is 29.3. The van der Waals surface area contributed by atoms with Crippen LogP contribution in [0.5, 0.6) is 0 Å². The highest BCUT2D eigenvalue weighted by molar-refractivity contribution is 7.90. The molecule has 2 rings (SSSR count). The molecule has 7 heteroatoms. The van der Waals surface area contributed by atoms with Gasteiger partial charge in [-0.2, -0.15) is 0 Å². The number of sulfone groups is 1. The molecular weight excluding hydrogens is 316 g/mol. The highest BCUT2D eigenvalue weighted by Crippen LogP contribution is 2.23. The maximum Gasteiger partial charge on any atom is 0.321 e. The van der Waals surface area contributed by atoms with Gasteiger partial charge < -0.3 is 15.0 Å². The van der Waals surface area contributed by atoms with Gasteiger partial charge in [0.05, 0.1) is 16.7 Å². The molecule has 0 saturated carbocycles. The topological polar surface area (TPSA) is 75.7 Å². The first kappa shape index (κ1) is 17.7. The molecule has 1 heterocycles. The highest BCUT2D eigenvalue weighted by atomic mass is 32.2. The first-order valence-electron chi connectivity index (χ1n) is 7.79. The van der Waals surface area contributed by atoms with Gasteiger partial charge in [-0.05, 0) is 44.4 Å². The molecule has 1 N–H and O–H groups in total. The van der Waals surface area contributed by atoms with Crippen molar-refractivity contribution in [3.8, 4) is 0 Å². The second kappa shape index (κ2) is 7.31. The average molecular weight is 340 g/mol. The zero-order valence-electron chi connectivity index (χ0n) is 13.8. The summed E-state index contributed by atoms with van der Waals surface area (Å²) in [6.45, 7) is 5.53. The van der Waals surface area contributed by atoms with Gasteiger partial charge in [0.2, 0.25) is 0 Å². The van der Waals surface area contributed by atoms with E-state index in [-0.39, 0.29) is 17.0 Å². The predicted octanol–water partition coefficient (Wildman–Crippen LogP) is 2.43. The third-order valence-electron chi connectivity index (χ3n) is 3.89. The number of hydrogen-bond donors (Lipinski definition) is 1. The number of urea groups is 1. The Bertz CT molecular complexity index is 667. The van der Waals surface area contributed by atoms with E-state index in [0.29, 0.717) is 18.8 Å². The summed E-state index contributed by atoms with van der Waals surface area (Å²) in [5, 5.41) is 2.74. The smallest absolute Gasteiger partial charge is 0.321 e. The number of ether oxygens (including phenoxy) is 1. The monoisotopic (exact) mass is 340 g/mol. The summed E-state index contributed by atoms with van der Waals surface area (Å²) in [6, 6.07) is 4.61. The number of nitrogens with one attached hydrogen (secondary N) is 1. The number of nitrogens with zero attached hydrogens (tertiary/aromatic N) is 1. The molecule has 2 amide bonds. The number of anilines is 1. The number of amides is 2. The van der Waals surface area contributed by atoms with Crippen LogP contribution in [0, 0.1) is 6.92 Å². The number of aryl methyl sites for hydroxylation is 1. The largest absolute Gasteiger partial charge is 0.376 e. The molecule has 0 radical (unpaired) electrons. The molecular formula is C16H24N2O4S. The normalized spacial score (nSPS) is 18.0. The molecule has 0 bridgehead atoms. The molecule has 0 spiro atoms. The van der Waals surface area contributed by atoms with Crippen LogP contribution in [0.1, 0.15) is 25.3 Å². The van der Waals surface area contributed by atoms with Gasteiger partial charge in [0.1, 0.15) is 0 Å². The van der Waals surface area contributed by atoms with Gasteiger partial charge >= 0.3 is 6.03 Å². The minimum absolute atomic E-state index is 0.0626.